The van der Waals surface area contributed by atoms with Gasteiger partial charge in [0.15, 0.2) is 17.2 Å². The average molecular weight is 493 g/mol. The Morgan fingerprint density at radius 1 is 1.00 bits per heavy atom. The minimum atomic E-state index is -0.232. The zero-order chi connectivity index (χ0) is 24.7. The number of amides is 1. The van der Waals surface area contributed by atoms with Gasteiger partial charge in [0.25, 0.3) is 5.91 Å². The number of carbonyl (C=O) groups is 1. The summed E-state index contributed by atoms with van der Waals surface area (Å²) in [5, 5.41) is 2.91. The predicted molar refractivity (Wildman–Crippen MR) is 134 cm³/mol. The summed E-state index contributed by atoms with van der Waals surface area (Å²) in [7, 11) is 1.65. The Bertz CT molecular complexity index is 1170. The van der Waals surface area contributed by atoms with Crippen LogP contribution in [0.4, 0.5) is 0 Å². The predicted octanol–water partition coefficient (Wildman–Crippen LogP) is 2.74. The van der Waals surface area contributed by atoms with Crippen molar-refractivity contribution >= 4 is 5.91 Å². The van der Waals surface area contributed by atoms with E-state index in [1.165, 1.54) is 11.8 Å². The van der Waals surface area contributed by atoms with Gasteiger partial charge in [0.2, 0.25) is 5.89 Å². The van der Waals surface area contributed by atoms with Crippen molar-refractivity contribution in [3.05, 3.63) is 71.4 Å². The molecular formula is C27H32N4O5. The number of hydrogen-bond donors (Lipinski definition) is 1. The Morgan fingerprint density at radius 2 is 1.75 bits per heavy atom. The molecule has 0 radical (unpaired) electrons. The van der Waals surface area contributed by atoms with Crippen LogP contribution in [0.2, 0.25) is 0 Å². The van der Waals surface area contributed by atoms with Gasteiger partial charge in [-0.05, 0) is 35.7 Å². The Balaban J connectivity index is 1.05. The molecule has 2 aliphatic heterocycles. The summed E-state index contributed by atoms with van der Waals surface area (Å²) >= 11 is 0. The lowest BCUT2D eigenvalue weighted by molar-refractivity contribution is 0.0948. The smallest absolute Gasteiger partial charge is 0.273 e. The Hall–Kier alpha value is -3.56. The molecule has 0 unspecified atom stereocenters. The highest BCUT2D eigenvalue weighted by Crippen LogP contribution is 2.31. The lowest BCUT2D eigenvalue weighted by Crippen LogP contribution is -2.45. The van der Waals surface area contributed by atoms with Gasteiger partial charge in [-0.1, -0.05) is 24.3 Å². The quantitative estimate of drug-likeness (QED) is 0.488. The molecule has 1 aromatic heterocycles. The highest BCUT2D eigenvalue weighted by atomic mass is 16.6. The van der Waals surface area contributed by atoms with E-state index in [0.29, 0.717) is 44.3 Å². The first-order chi connectivity index (χ1) is 17.7. The second-order valence-electron chi connectivity index (χ2n) is 8.97. The summed E-state index contributed by atoms with van der Waals surface area (Å²) in [5.41, 5.74) is 2.58. The first-order valence-corrected chi connectivity index (χ1v) is 12.4. The molecule has 3 heterocycles. The Labute approximate surface area is 210 Å². The number of nitrogens with zero attached hydrogens (tertiary/aromatic N) is 3. The minimum Gasteiger partial charge on any atom is -0.496 e. The van der Waals surface area contributed by atoms with E-state index < -0.39 is 0 Å². The number of rotatable bonds is 9. The maximum Gasteiger partial charge on any atom is 0.273 e. The molecule has 3 aromatic rings. The van der Waals surface area contributed by atoms with Crippen LogP contribution < -0.4 is 19.5 Å². The zero-order valence-corrected chi connectivity index (χ0v) is 20.6. The van der Waals surface area contributed by atoms with Gasteiger partial charge in [0.05, 0.1) is 13.7 Å². The first kappa shape index (κ1) is 24.1. The summed E-state index contributed by atoms with van der Waals surface area (Å²) in [6, 6.07) is 14.0. The van der Waals surface area contributed by atoms with Gasteiger partial charge in [-0.2, -0.15) is 0 Å². The normalized spacial score (nSPS) is 16.0. The van der Waals surface area contributed by atoms with Crippen molar-refractivity contribution in [3.8, 4) is 17.2 Å². The molecule has 0 saturated carbocycles. The molecule has 1 amide bonds. The van der Waals surface area contributed by atoms with E-state index in [-0.39, 0.29) is 5.91 Å². The number of carbonyl (C=O) groups excluding carboxylic acids is 1. The standard InChI is InChI=1S/C27H32N4O5/c1-33-23-5-3-2-4-21(23)8-9-28-27(32)22-19-36-26(29-22)18-31-12-10-30(11-13-31)17-20-6-7-24-25(16-20)35-15-14-34-24/h2-7,16,19H,8-15,17-18H2,1H3,(H,28,32). The van der Waals surface area contributed by atoms with Crippen LogP contribution in [0.25, 0.3) is 0 Å². The highest BCUT2D eigenvalue weighted by molar-refractivity contribution is 5.91. The minimum absolute atomic E-state index is 0.232. The zero-order valence-electron chi connectivity index (χ0n) is 20.6. The van der Waals surface area contributed by atoms with Gasteiger partial charge in [0.1, 0.15) is 25.2 Å². The molecule has 5 rings (SSSR count). The average Bonchev–Trinajstić information content (AvgIpc) is 3.38. The van der Waals surface area contributed by atoms with E-state index in [4.69, 9.17) is 18.6 Å². The van der Waals surface area contributed by atoms with Crippen LogP contribution in [0.1, 0.15) is 27.5 Å². The number of para-hydroxylation sites is 1. The van der Waals surface area contributed by atoms with Gasteiger partial charge in [-0.25, -0.2) is 4.98 Å². The summed E-state index contributed by atoms with van der Waals surface area (Å²) in [5.74, 6) is 2.81. The maximum absolute atomic E-state index is 12.5. The third-order valence-electron chi connectivity index (χ3n) is 6.49. The number of piperazine rings is 1. The summed E-state index contributed by atoms with van der Waals surface area (Å²) in [6.45, 7) is 6.89. The summed E-state index contributed by atoms with van der Waals surface area (Å²) < 4.78 is 22.3. The second kappa shape index (κ2) is 11.5. The van der Waals surface area contributed by atoms with E-state index in [1.807, 2.05) is 30.3 Å². The number of methoxy groups -OCH3 is 1. The van der Waals surface area contributed by atoms with E-state index in [0.717, 1.165) is 55.5 Å². The second-order valence-corrected chi connectivity index (χ2v) is 8.97. The molecule has 1 saturated heterocycles. The third-order valence-corrected chi connectivity index (χ3v) is 6.49. The van der Waals surface area contributed by atoms with Crippen molar-refractivity contribution in [2.24, 2.45) is 0 Å². The molecule has 0 spiro atoms. The van der Waals surface area contributed by atoms with Gasteiger partial charge >= 0.3 is 0 Å². The van der Waals surface area contributed by atoms with Gasteiger partial charge in [-0.3, -0.25) is 14.6 Å². The van der Waals surface area contributed by atoms with Crippen LogP contribution in [0.5, 0.6) is 17.2 Å². The molecule has 1 N–H and O–H groups in total. The summed E-state index contributed by atoms with van der Waals surface area (Å²) in [6.07, 6.45) is 2.11. The van der Waals surface area contributed by atoms with Crippen molar-refractivity contribution < 1.29 is 23.4 Å². The first-order valence-electron chi connectivity index (χ1n) is 12.4. The largest absolute Gasteiger partial charge is 0.496 e. The van der Waals surface area contributed by atoms with Crippen molar-refractivity contribution in [3.63, 3.8) is 0 Å². The van der Waals surface area contributed by atoms with Gasteiger partial charge in [-0.15, -0.1) is 0 Å². The van der Waals surface area contributed by atoms with Crippen molar-refractivity contribution in [2.75, 3.05) is 53.0 Å². The number of ether oxygens (including phenoxy) is 3. The van der Waals surface area contributed by atoms with E-state index in [9.17, 15) is 4.79 Å². The fourth-order valence-corrected chi connectivity index (χ4v) is 4.54. The Morgan fingerprint density at radius 3 is 2.56 bits per heavy atom. The molecule has 2 aliphatic rings. The van der Waals surface area contributed by atoms with Crippen LogP contribution in [0.15, 0.2) is 53.1 Å². The number of fused-ring (bicyclic) bond motifs is 1. The molecule has 1 fully saturated rings. The molecule has 0 atom stereocenters. The van der Waals surface area contributed by atoms with Crippen LogP contribution in [0, 0.1) is 0 Å². The van der Waals surface area contributed by atoms with E-state index in [1.54, 1.807) is 7.11 Å². The number of oxazole rings is 1. The number of benzene rings is 2. The number of hydrogen-bond acceptors (Lipinski definition) is 8. The topological polar surface area (TPSA) is 89.3 Å². The third kappa shape index (κ3) is 5.98. The van der Waals surface area contributed by atoms with Gasteiger partial charge in [0, 0.05) is 39.3 Å². The van der Waals surface area contributed by atoms with Gasteiger partial charge < -0.3 is 23.9 Å². The monoisotopic (exact) mass is 492 g/mol. The molecule has 190 valence electrons. The van der Waals surface area contributed by atoms with Crippen LogP contribution in [-0.2, 0) is 19.5 Å². The number of aromatic nitrogens is 1. The SMILES string of the molecule is COc1ccccc1CCNC(=O)c1coc(CN2CCN(Cc3ccc4c(c3)OCCO4)CC2)n1. The maximum atomic E-state index is 12.5. The lowest BCUT2D eigenvalue weighted by atomic mass is 10.1. The van der Waals surface area contributed by atoms with Crippen LogP contribution >= 0.6 is 0 Å². The lowest BCUT2D eigenvalue weighted by Gasteiger charge is -2.34. The molecular weight excluding hydrogens is 460 g/mol. The van der Waals surface area contributed by atoms with Crippen LogP contribution in [0.3, 0.4) is 0 Å². The molecule has 36 heavy (non-hydrogen) atoms. The van der Waals surface area contributed by atoms with E-state index >= 15 is 0 Å². The fraction of sp³-hybridized carbons (Fsp3) is 0.407. The summed E-state index contributed by atoms with van der Waals surface area (Å²) in [4.78, 5) is 21.6. The van der Waals surface area contributed by atoms with E-state index in [2.05, 4.69) is 32.2 Å². The molecule has 0 aliphatic carbocycles. The fourth-order valence-electron chi connectivity index (χ4n) is 4.54. The molecule has 9 heteroatoms. The highest BCUT2D eigenvalue weighted by Gasteiger charge is 2.21. The van der Waals surface area contributed by atoms with Crippen LogP contribution in [-0.4, -0.2) is 73.7 Å². The molecule has 0 bridgehead atoms. The van der Waals surface area contributed by atoms with Crippen molar-refractivity contribution in [2.45, 2.75) is 19.5 Å². The molecule has 2 aromatic carbocycles. The molecule has 9 nitrogen and oxygen atoms in total. The number of nitrogens with one attached hydrogen (secondary N) is 1. The Kier molecular flexibility index (Phi) is 7.68. The van der Waals surface area contributed by atoms with Crippen molar-refractivity contribution in [1.29, 1.82) is 0 Å². The van der Waals surface area contributed by atoms with Crippen molar-refractivity contribution in [1.82, 2.24) is 20.1 Å².